The molecule has 0 spiro atoms. The van der Waals surface area contributed by atoms with E-state index in [1.807, 2.05) is 83.1 Å². The van der Waals surface area contributed by atoms with Gasteiger partial charge < -0.3 is 10.2 Å². The van der Waals surface area contributed by atoms with Crippen LogP contribution in [0, 0.1) is 21.9 Å². The van der Waals surface area contributed by atoms with Crippen LogP contribution in [0.25, 0.3) is 0 Å². The molecule has 0 aliphatic carbocycles. The maximum absolute atomic E-state index is 11.5. The topological polar surface area (TPSA) is 99.8 Å². The minimum absolute atomic E-state index is 0. The fraction of sp³-hybridized carbons (Fsp3) is 0.800. The van der Waals surface area contributed by atoms with Crippen LogP contribution in [0.2, 0.25) is 0 Å². The smallest absolute Gasteiger partial charge is 0.871 e. The standard InChI is InChI=1S/2C10H20N2O.Co/c2*1-9(2,3)8(13)7-12(11)10(4,5)6;/h2*7H,1-6H3,(H-,11,13);/q;;+2. The Hall–Kier alpha value is -1.21. The van der Waals surface area contributed by atoms with Crippen LogP contribution in [0.5, 0.6) is 0 Å². The van der Waals surface area contributed by atoms with Gasteiger partial charge in [-0.3, -0.25) is 0 Å². The summed E-state index contributed by atoms with van der Waals surface area (Å²) in [5.41, 5.74) is 13.7. The van der Waals surface area contributed by atoms with Gasteiger partial charge in [0.2, 0.25) is 0 Å². The fourth-order valence-electron chi connectivity index (χ4n) is 1.01. The zero-order valence-electron chi connectivity index (χ0n) is 19.2. The second-order valence-corrected chi connectivity index (χ2v) is 10.6. The monoisotopic (exact) mass is 427 g/mol. The zero-order valence-corrected chi connectivity index (χ0v) is 20.2. The molecule has 0 saturated heterocycles. The Morgan fingerprint density at radius 2 is 0.778 bits per heavy atom. The van der Waals surface area contributed by atoms with Gasteiger partial charge in [-0.2, -0.15) is 0 Å². The molecule has 1 radical (unpaired) electrons. The molecule has 0 atom stereocenters. The van der Waals surface area contributed by atoms with Gasteiger partial charge in [0, 0.05) is 41.5 Å². The van der Waals surface area contributed by atoms with Crippen molar-refractivity contribution in [2.24, 2.45) is 10.8 Å². The van der Waals surface area contributed by atoms with E-state index < -0.39 is 10.8 Å². The number of nitrogens with zero attached hydrogens (tertiary/aromatic N) is 2. The summed E-state index contributed by atoms with van der Waals surface area (Å²) in [4.78, 5) is 0. The molecule has 6 nitrogen and oxygen atoms in total. The second-order valence-electron chi connectivity index (χ2n) is 10.6. The van der Waals surface area contributed by atoms with Crippen molar-refractivity contribution >= 4 is 0 Å². The third-order valence-electron chi connectivity index (χ3n) is 3.42. The van der Waals surface area contributed by atoms with E-state index in [4.69, 9.17) is 11.1 Å². The summed E-state index contributed by atoms with van der Waals surface area (Å²) in [5.74, 6) is -0.0325. The van der Waals surface area contributed by atoms with Crippen molar-refractivity contribution in [3.05, 3.63) is 23.9 Å². The van der Waals surface area contributed by atoms with E-state index >= 15 is 0 Å². The van der Waals surface area contributed by atoms with Gasteiger partial charge >= 0.3 is 16.8 Å². The molecule has 0 fully saturated rings. The third-order valence-corrected chi connectivity index (χ3v) is 3.42. The number of rotatable bonds is 2. The molecule has 0 aliphatic rings. The number of hydrogen-bond acceptors (Lipinski definition) is 4. The largest absolute Gasteiger partial charge is 2.00 e. The van der Waals surface area contributed by atoms with Crippen LogP contribution in [0.1, 0.15) is 83.1 Å². The number of hydrogen-bond donors (Lipinski definition) is 2. The van der Waals surface area contributed by atoms with Crippen LogP contribution in [0.15, 0.2) is 23.9 Å². The average molecular weight is 427 g/mol. The normalized spacial score (nSPS) is 13.9. The first-order chi connectivity index (χ1) is 11.1. The molecule has 159 valence electrons. The molecule has 0 heterocycles. The van der Waals surface area contributed by atoms with Gasteiger partial charge in [0.1, 0.15) is 0 Å². The first kappa shape index (κ1) is 30.5. The Morgan fingerprint density at radius 3 is 0.889 bits per heavy atom. The van der Waals surface area contributed by atoms with Crippen molar-refractivity contribution in [1.82, 2.24) is 0 Å². The summed E-state index contributed by atoms with van der Waals surface area (Å²) in [5, 5.41) is 23.0. The molecule has 0 rings (SSSR count). The molecular formula is C20H40CoN4O2+2. The van der Waals surface area contributed by atoms with Gasteiger partial charge in [0.25, 0.3) is 0 Å². The molecule has 2 N–H and O–H groups in total. The Morgan fingerprint density at radius 1 is 0.593 bits per heavy atom. The Bertz CT molecular complexity index is 515. The third kappa shape index (κ3) is 13.6. The molecular weight excluding hydrogens is 387 g/mol. The fourth-order valence-corrected chi connectivity index (χ4v) is 1.01. The molecule has 0 aromatic rings. The van der Waals surface area contributed by atoms with E-state index in [1.165, 1.54) is 21.8 Å². The molecule has 0 amide bonds. The van der Waals surface area contributed by atoms with Gasteiger partial charge in [0.05, 0.1) is 0 Å². The van der Waals surface area contributed by atoms with Gasteiger partial charge in [-0.25, -0.2) is 0 Å². The maximum atomic E-state index is 11.5. The van der Waals surface area contributed by atoms with Gasteiger partial charge in [-0.15, -0.1) is 0 Å². The van der Waals surface area contributed by atoms with E-state index in [9.17, 15) is 10.2 Å². The zero-order chi connectivity index (χ0) is 21.7. The van der Waals surface area contributed by atoms with E-state index in [0.717, 1.165) is 0 Å². The Kier molecular flexibility index (Phi) is 11.7. The summed E-state index contributed by atoms with van der Waals surface area (Å²) >= 11 is 0. The first-order valence-corrected chi connectivity index (χ1v) is 8.90. The molecule has 27 heavy (non-hydrogen) atoms. The van der Waals surface area contributed by atoms with Gasteiger partial charge in [0.15, 0.2) is 23.5 Å². The van der Waals surface area contributed by atoms with Crippen LogP contribution in [0.4, 0.5) is 0 Å². The van der Waals surface area contributed by atoms with Gasteiger partial charge in [-0.1, -0.05) is 73.5 Å². The van der Waals surface area contributed by atoms with Crippen molar-refractivity contribution in [2.75, 3.05) is 0 Å². The summed E-state index contributed by atoms with van der Waals surface area (Å²) < 4.78 is 2.42. The van der Waals surface area contributed by atoms with E-state index in [-0.39, 0.29) is 39.4 Å². The molecule has 0 aromatic heterocycles. The molecule has 0 unspecified atom stereocenters. The van der Waals surface area contributed by atoms with Crippen molar-refractivity contribution < 1.29 is 36.4 Å². The quantitative estimate of drug-likeness (QED) is 0.393. The van der Waals surface area contributed by atoms with Gasteiger partial charge in [-0.05, 0) is 10.8 Å². The van der Waals surface area contributed by atoms with Crippen LogP contribution in [-0.4, -0.2) is 20.5 Å². The van der Waals surface area contributed by atoms with Crippen molar-refractivity contribution in [1.29, 1.82) is 11.1 Å². The van der Waals surface area contributed by atoms with Crippen molar-refractivity contribution in [3.63, 3.8) is 0 Å². The van der Waals surface area contributed by atoms with E-state index in [1.54, 1.807) is 0 Å². The predicted octanol–water partition coefficient (Wildman–Crippen LogP) is 4.15. The first-order valence-electron chi connectivity index (χ1n) is 8.90. The minimum atomic E-state index is -0.398. The van der Waals surface area contributed by atoms with Crippen LogP contribution >= 0.6 is 0 Å². The minimum Gasteiger partial charge on any atom is -0.871 e. The Balaban J connectivity index is -0.000000411. The molecule has 0 bridgehead atoms. The summed E-state index contributed by atoms with van der Waals surface area (Å²) in [6.45, 7) is 22.5. The number of allylic oxidation sites excluding steroid dienone is 2. The number of nitrogens with one attached hydrogen (secondary N) is 2. The van der Waals surface area contributed by atoms with E-state index in [2.05, 4.69) is 0 Å². The molecule has 0 aliphatic heterocycles. The van der Waals surface area contributed by atoms with E-state index in [0.29, 0.717) is 0 Å². The van der Waals surface area contributed by atoms with Crippen LogP contribution in [0.3, 0.4) is 0 Å². The average Bonchev–Trinajstić information content (AvgIpc) is 2.34. The maximum Gasteiger partial charge on any atom is 2.00 e. The summed E-state index contributed by atoms with van der Waals surface area (Å²) in [7, 11) is 0. The molecule has 7 heteroatoms. The predicted molar refractivity (Wildman–Crippen MR) is 101 cm³/mol. The SMILES string of the molecule is CC(C)(C)C([O-])=C[N+](=N)C(C)(C)C.CC(C)(C)C([O-])=C[N+](=N)C(C)(C)C.[Co+2]. The van der Waals surface area contributed by atoms with Crippen molar-refractivity contribution in [3.8, 4) is 0 Å². The van der Waals surface area contributed by atoms with Crippen molar-refractivity contribution in [2.45, 2.75) is 94.2 Å². The Labute approximate surface area is 176 Å². The molecule has 0 saturated carbocycles. The summed E-state index contributed by atoms with van der Waals surface area (Å²) in [6, 6.07) is 0. The van der Waals surface area contributed by atoms with Crippen LogP contribution < -0.4 is 10.2 Å². The molecule has 0 aromatic carbocycles. The second kappa shape index (κ2) is 10.4. The van der Waals surface area contributed by atoms with Crippen LogP contribution in [-0.2, 0) is 16.8 Å². The summed E-state index contributed by atoms with van der Waals surface area (Å²) in [6.07, 6.45) is 2.72.